The number of amides is 3. The minimum Gasteiger partial charge on any atom is -0.398 e. The smallest absolute Gasteiger partial charge is 0.256 e. The van der Waals surface area contributed by atoms with E-state index in [0.29, 0.717) is 23.0 Å². The molecule has 0 fully saturated rings. The topological polar surface area (TPSA) is 92.5 Å². The molecule has 0 saturated carbocycles. The lowest BCUT2D eigenvalue weighted by Crippen LogP contribution is -2.50. The molecule has 8 heteroatoms. The third-order valence-electron chi connectivity index (χ3n) is 5.94. The fourth-order valence-corrected chi connectivity index (χ4v) is 4.20. The molecule has 2 atom stereocenters. The van der Waals surface area contributed by atoms with Crippen molar-refractivity contribution in [2.24, 2.45) is 0 Å². The standard InChI is InChI=1S/C26H23F2N3O3/c1-14-18-6-3-4-7-19(18)24-21(29)8-5-9-22(24)31(25(14)33)26(34)15(2)30-23(32)12-16-10-11-17(27)13-20(16)28/h3-11,13-15H,12,29H2,1-2H3,(H,30,32)/t14?,15-/m0/s1. The van der Waals surface area contributed by atoms with Crippen LogP contribution < -0.4 is 16.0 Å². The second kappa shape index (κ2) is 9.05. The predicted molar refractivity (Wildman–Crippen MR) is 125 cm³/mol. The van der Waals surface area contributed by atoms with Gasteiger partial charge in [-0.2, -0.15) is 0 Å². The molecule has 4 rings (SSSR count). The van der Waals surface area contributed by atoms with E-state index in [1.807, 2.05) is 24.3 Å². The van der Waals surface area contributed by atoms with E-state index < -0.39 is 41.3 Å². The number of halogens is 2. The number of nitrogens with zero attached hydrogens (tertiary/aromatic N) is 1. The monoisotopic (exact) mass is 463 g/mol. The Balaban J connectivity index is 1.64. The highest BCUT2D eigenvalue weighted by atomic mass is 19.1. The summed E-state index contributed by atoms with van der Waals surface area (Å²) in [4.78, 5) is 40.5. The van der Waals surface area contributed by atoms with Crippen LogP contribution in [0.4, 0.5) is 20.2 Å². The van der Waals surface area contributed by atoms with Crippen LogP contribution in [0.25, 0.3) is 11.1 Å². The lowest BCUT2D eigenvalue weighted by atomic mass is 9.92. The average Bonchev–Trinajstić information content (AvgIpc) is 2.89. The highest BCUT2D eigenvalue weighted by Gasteiger charge is 2.37. The first kappa shape index (κ1) is 23.1. The second-order valence-electron chi connectivity index (χ2n) is 8.26. The Kier molecular flexibility index (Phi) is 6.15. The number of hydrogen-bond acceptors (Lipinski definition) is 4. The fraction of sp³-hybridized carbons (Fsp3) is 0.192. The molecule has 1 aliphatic heterocycles. The first-order valence-corrected chi connectivity index (χ1v) is 10.8. The molecule has 0 saturated heterocycles. The van der Waals surface area contributed by atoms with Gasteiger partial charge in [0.25, 0.3) is 5.91 Å². The van der Waals surface area contributed by atoms with Gasteiger partial charge in [-0.25, -0.2) is 13.7 Å². The number of nitrogens with two attached hydrogens (primary N) is 1. The molecule has 3 N–H and O–H groups in total. The highest BCUT2D eigenvalue weighted by molar-refractivity contribution is 6.22. The number of fused-ring (bicyclic) bond motifs is 3. The van der Waals surface area contributed by atoms with E-state index in [2.05, 4.69) is 5.32 Å². The van der Waals surface area contributed by atoms with Crippen molar-refractivity contribution in [3.8, 4) is 11.1 Å². The number of nitrogens with one attached hydrogen (secondary N) is 1. The maximum absolute atomic E-state index is 13.9. The number of carbonyl (C=O) groups excluding carboxylic acids is 3. The van der Waals surface area contributed by atoms with Crippen LogP contribution in [0.1, 0.15) is 30.9 Å². The summed E-state index contributed by atoms with van der Waals surface area (Å²) >= 11 is 0. The summed E-state index contributed by atoms with van der Waals surface area (Å²) in [6, 6.07) is 14.1. The van der Waals surface area contributed by atoms with Gasteiger partial charge in [0, 0.05) is 17.3 Å². The van der Waals surface area contributed by atoms with Crippen molar-refractivity contribution in [1.29, 1.82) is 0 Å². The summed E-state index contributed by atoms with van der Waals surface area (Å²) in [6.07, 6.45) is -0.386. The van der Waals surface area contributed by atoms with Gasteiger partial charge in [-0.3, -0.25) is 14.4 Å². The number of imide groups is 1. The van der Waals surface area contributed by atoms with Crippen molar-refractivity contribution in [2.45, 2.75) is 32.2 Å². The zero-order chi connectivity index (χ0) is 24.6. The molecule has 3 aromatic carbocycles. The van der Waals surface area contributed by atoms with Crippen molar-refractivity contribution < 1.29 is 23.2 Å². The molecular weight excluding hydrogens is 440 g/mol. The maximum atomic E-state index is 13.9. The summed E-state index contributed by atoms with van der Waals surface area (Å²) in [5.41, 5.74) is 9.07. The van der Waals surface area contributed by atoms with Crippen molar-refractivity contribution >= 4 is 29.1 Å². The van der Waals surface area contributed by atoms with Crippen LogP contribution in [0.15, 0.2) is 60.7 Å². The van der Waals surface area contributed by atoms with Crippen LogP contribution >= 0.6 is 0 Å². The Labute approximate surface area is 195 Å². The summed E-state index contributed by atoms with van der Waals surface area (Å²) in [5.74, 6) is -3.98. The molecule has 1 unspecified atom stereocenters. The molecule has 1 aliphatic rings. The molecule has 0 radical (unpaired) electrons. The summed E-state index contributed by atoms with van der Waals surface area (Å²) in [5, 5.41) is 2.52. The molecule has 34 heavy (non-hydrogen) atoms. The Hall–Kier alpha value is -4.07. The van der Waals surface area contributed by atoms with Crippen molar-refractivity contribution in [2.75, 3.05) is 10.6 Å². The van der Waals surface area contributed by atoms with Crippen LogP contribution in [0.3, 0.4) is 0 Å². The van der Waals surface area contributed by atoms with Gasteiger partial charge < -0.3 is 11.1 Å². The third-order valence-corrected chi connectivity index (χ3v) is 5.94. The van der Waals surface area contributed by atoms with E-state index in [-0.39, 0.29) is 12.0 Å². The minimum absolute atomic E-state index is 0.00779. The van der Waals surface area contributed by atoms with E-state index in [9.17, 15) is 23.2 Å². The molecule has 174 valence electrons. The molecule has 0 aliphatic carbocycles. The molecule has 0 bridgehead atoms. The van der Waals surface area contributed by atoms with E-state index in [4.69, 9.17) is 5.73 Å². The number of nitrogen functional groups attached to an aromatic ring is 1. The lowest BCUT2D eigenvalue weighted by molar-refractivity contribution is -0.131. The Morgan fingerprint density at radius 3 is 2.56 bits per heavy atom. The summed E-state index contributed by atoms with van der Waals surface area (Å²) < 4.78 is 27.0. The quantitative estimate of drug-likeness (QED) is 0.574. The van der Waals surface area contributed by atoms with Crippen molar-refractivity contribution in [3.05, 3.63) is 83.4 Å². The van der Waals surface area contributed by atoms with E-state index in [0.717, 1.165) is 22.1 Å². The van der Waals surface area contributed by atoms with E-state index in [1.54, 1.807) is 25.1 Å². The normalized spacial score (nSPS) is 15.7. The zero-order valence-corrected chi connectivity index (χ0v) is 18.6. The molecule has 1 heterocycles. The third kappa shape index (κ3) is 4.14. The second-order valence-corrected chi connectivity index (χ2v) is 8.26. The van der Waals surface area contributed by atoms with Gasteiger partial charge in [-0.1, -0.05) is 36.4 Å². The largest absolute Gasteiger partial charge is 0.398 e. The maximum Gasteiger partial charge on any atom is 0.256 e. The van der Waals surface area contributed by atoms with Gasteiger partial charge in [-0.05, 0) is 48.7 Å². The molecule has 3 amide bonds. The molecule has 6 nitrogen and oxygen atoms in total. The van der Waals surface area contributed by atoms with E-state index in [1.165, 1.54) is 13.0 Å². The van der Waals surface area contributed by atoms with Crippen molar-refractivity contribution in [1.82, 2.24) is 5.32 Å². The van der Waals surface area contributed by atoms with Crippen LogP contribution in [0.2, 0.25) is 0 Å². The van der Waals surface area contributed by atoms with Crippen molar-refractivity contribution in [3.63, 3.8) is 0 Å². The predicted octanol–water partition coefficient (Wildman–Crippen LogP) is 3.94. The van der Waals surface area contributed by atoms with Crippen LogP contribution in [0.5, 0.6) is 0 Å². The fourth-order valence-electron chi connectivity index (χ4n) is 4.20. The highest BCUT2D eigenvalue weighted by Crippen LogP contribution is 2.44. The van der Waals surface area contributed by atoms with E-state index >= 15 is 0 Å². The van der Waals surface area contributed by atoms with Gasteiger partial charge in [0.2, 0.25) is 11.8 Å². The van der Waals surface area contributed by atoms with Crippen LogP contribution in [-0.4, -0.2) is 23.8 Å². The molecular formula is C26H23F2N3O3. The first-order chi connectivity index (χ1) is 16.2. The lowest BCUT2D eigenvalue weighted by Gasteiger charge is -2.26. The first-order valence-electron chi connectivity index (χ1n) is 10.8. The summed E-state index contributed by atoms with van der Waals surface area (Å²) in [7, 11) is 0. The number of rotatable bonds is 4. The Morgan fingerprint density at radius 2 is 1.82 bits per heavy atom. The SMILES string of the molecule is CC1C(=O)N(C(=O)[C@H](C)NC(=O)Cc2ccc(F)cc2F)c2cccc(N)c2-c2ccccc21. The average molecular weight is 463 g/mol. The molecule has 3 aromatic rings. The van der Waals surface area contributed by atoms with Gasteiger partial charge >= 0.3 is 0 Å². The van der Waals surface area contributed by atoms with Crippen LogP contribution in [0, 0.1) is 11.6 Å². The number of anilines is 2. The summed E-state index contributed by atoms with van der Waals surface area (Å²) in [6.45, 7) is 3.16. The Morgan fingerprint density at radius 1 is 1.09 bits per heavy atom. The Bertz CT molecular complexity index is 1310. The number of carbonyl (C=O) groups is 3. The van der Waals surface area contributed by atoms with Gasteiger partial charge in [-0.15, -0.1) is 0 Å². The van der Waals surface area contributed by atoms with Gasteiger partial charge in [0.15, 0.2) is 0 Å². The zero-order valence-electron chi connectivity index (χ0n) is 18.6. The van der Waals surface area contributed by atoms with Gasteiger partial charge in [0.05, 0.1) is 18.0 Å². The van der Waals surface area contributed by atoms with Crippen LogP contribution in [-0.2, 0) is 20.8 Å². The molecule has 0 spiro atoms. The minimum atomic E-state index is -1.09. The molecule has 0 aromatic heterocycles. The number of hydrogen-bond donors (Lipinski definition) is 2. The number of benzene rings is 3. The van der Waals surface area contributed by atoms with Gasteiger partial charge in [0.1, 0.15) is 17.7 Å².